The summed E-state index contributed by atoms with van der Waals surface area (Å²) < 4.78 is 16.4. The maximum Gasteiger partial charge on any atom is 0.231 e. The van der Waals surface area contributed by atoms with Gasteiger partial charge < -0.3 is 9.88 Å². The van der Waals surface area contributed by atoms with E-state index in [-0.39, 0.29) is 17.1 Å². The molecule has 0 bridgehead atoms. The Morgan fingerprint density at radius 1 is 1.42 bits per heavy atom. The second-order valence-corrected chi connectivity index (χ2v) is 8.25. The summed E-state index contributed by atoms with van der Waals surface area (Å²) >= 11 is 1.73. The standard InChI is InChI=1S/C18H20FN3OS/c1-17(2)11-18(17,13-5-3-4-6-14(13)19)15(23)20-9-12-10-22-7-8-24-16(22)21-12/h3-6,10H,7-9,11H2,1-2H3,(H,20,23)/t18-/m1/s1. The Bertz CT molecular complexity index is 795. The van der Waals surface area contributed by atoms with Crippen LogP contribution in [0.5, 0.6) is 0 Å². The molecule has 2 aromatic rings. The largest absolute Gasteiger partial charge is 0.350 e. The van der Waals surface area contributed by atoms with Crippen LogP contribution in [0.15, 0.2) is 35.6 Å². The van der Waals surface area contributed by atoms with E-state index in [4.69, 9.17) is 0 Å². The number of nitrogens with one attached hydrogen (secondary N) is 1. The molecule has 4 rings (SSSR count). The molecule has 1 aromatic carbocycles. The predicted octanol–water partition coefficient (Wildman–Crippen LogP) is 3.11. The number of aromatic nitrogens is 2. The van der Waals surface area contributed by atoms with Crippen LogP contribution in [-0.2, 0) is 23.3 Å². The second kappa shape index (κ2) is 5.34. The number of imidazole rings is 1. The van der Waals surface area contributed by atoms with E-state index in [1.807, 2.05) is 20.0 Å². The Morgan fingerprint density at radius 2 is 2.17 bits per heavy atom. The number of carbonyl (C=O) groups excluding carboxylic acids is 1. The molecule has 1 atom stereocenters. The Labute approximate surface area is 144 Å². The Kier molecular flexibility index (Phi) is 3.49. The van der Waals surface area contributed by atoms with Crippen molar-refractivity contribution in [2.24, 2.45) is 5.41 Å². The molecule has 0 spiro atoms. The summed E-state index contributed by atoms with van der Waals surface area (Å²) in [6.45, 7) is 5.38. The molecule has 1 amide bonds. The number of hydrogen-bond donors (Lipinski definition) is 1. The molecule has 1 aromatic heterocycles. The first-order chi connectivity index (χ1) is 11.4. The summed E-state index contributed by atoms with van der Waals surface area (Å²) in [6, 6.07) is 6.60. The highest BCUT2D eigenvalue weighted by atomic mass is 32.2. The zero-order valence-electron chi connectivity index (χ0n) is 13.8. The van der Waals surface area contributed by atoms with Crippen LogP contribution in [-0.4, -0.2) is 21.2 Å². The molecule has 1 N–H and O–H groups in total. The molecule has 2 aliphatic rings. The van der Waals surface area contributed by atoms with Gasteiger partial charge in [0.25, 0.3) is 0 Å². The molecule has 1 saturated carbocycles. The Balaban J connectivity index is 1.54. The number of carbonyl (C=O) groups is 1. The number of rotatable bonds is 4. The van der Waals surface area contributed by atoms with Crippen LogP contribution in [0.1, 0.15) is 31.5 Å². The number of nitrogens with zero attached hydrogens (tertiary/aromatic N) is 2. The van der Waals surface area contributed by atoms with Crippen LogP contribution >= 0.6 is 11.8 Å². The van der Waals surface area contributed by atoms with Crippen molar-refractivity contribution in [1.29, 1.82) is 0 Å². The minimum Gasteiger partial charge on any atom is -0.350 e. The summed E-state index contributed by atoms with van der Waals surface area (Å²) in [6.07, 6.45) is 2.64. The van der Waals surface area contributed by atoms with Crippen molar-refractivity contribution in [3.8, 4) is 0 Å². The average Bonchev–Trinajstić information content (AvgIpc) is 2.86. The van der Waals surface area contributed by atoms with E-state index in [2.05, 4.69) is 14.9 Å². The van der Waals surface area contributed by atoms with E-state index in [1.54, 1.807) is 30.0 Å². The molecule has 2 heterocycles. The van der Waals surface area contributed by atoms with Gasteiger partial charge in [0.1, 0.15) is 5.82 Å². The van der Waals surface area contributed by atoms with Gasteiger partial charge in [-0.2, -0.15) is 0 Å². The first-order valence-corrected chi connectivity index (χ1v) is 9.15. The van der Waals surface area contributed by atoms with Crippen LogP contribution in [0.4, 0.5) is 4.39 Å². The van der Waals surface area contributed by atoms with E-state index >= 15 is 0 Å². The normalized spacial score (nSPS) is 23.8. The molecule has 0 radical (unpaired) electrons. The summed E-state index contributed by atoms with van der Waals surface area (Å²) in [5.74, 6) is 0.633. The molecule has 0 unspecified atom stereocenters. The van der Waals surface area contributed by atoms with Crippen molar-refractivity contribution < 1.29 is 9.18 Å². The third-order valence-corrected chi connectivity index (χ3v) is 6.21. The fraction of sp³-hybridized carbons (Fsp3) is 0.444. The fourth-order valence-electron chi connectivity index (χ4n) is 3.76. The molecular formula is C18H20FN3OS. The van der Waals surface area contributed by atoms with Crippen LogP contribution in [0.2, 0.25) is 0 Å². The van der Waals surface area contributed by atoms with Gasteiger partial charge in [-0.05, 0) is 17.9 Å². The Hall–Kier alpha value is -1.82. The lowest BCUT2D eigenvalue weighted by molar-refractivity contribution is -0.124. The quantitative estimate of drug-likeness (QED) is 0.926. The van der Waals surface area contributed by atoms with Crippen molar-refractivity contribution in [3.63, 3.8) is 0 Å². The van der Waals surface area contributed by atoms with Gasteiger partial charge in [0.2, 0.25) is 5.91 Å². The monoisotopic (exact) mass is 345 g/mol. The third-order valence-electron chi connectivity index (χ3n) is 5.24. The number of halogens is 1. The van der Waals surface area contributed by atoms with Crippen molar-refractivity contribution in [2.45, 2.75) is 43.9 Å². The summed E-state index contributed by atoms with van der Waals surface area (Å²) in [5, 5.41) is 3.99. The number of amides is 1. The van der Waals surface area contributed by atoms with Gasteiger partial charge in [0.05, 0.1) is 17.7 Å². The number of hydrogen-bond acceptors (Lipinski definition) is 3. The number of thioether (sulfide) groups is 1. The van der Waals surface area contributed by atoms with Gasteiger partial charge in [-0.1, -0.05) is 43.8 Å². The highest BCUT2D eigenvalue weighted by Crippen LogP contribution is 2.64. The molecule has 0 saturated heterocycles. The van der Waals surface area contributed by atoms with E-state index < -0.39 is 5.41 Å². The number of benzene rings is 1. The zero-order chi connectivity index (χ0) is 16.9. The second-order valence-electron chi connectivity index (χ2n) is 7.19. The predicted molar refractivity (Wildman–Crippen MR) is 91.3 cm³/mol. The Morgan fingerprint density at radius 3 is 2.83 bits per heavy atom. The van der Waals surface area contributed by atoms with Crippen molar-refractivity contribution in [3.05, 3.63) is 47.5 Å². The molecular weight excluding hydrogens is 325 g/mol. The van der Waals surface area contributed by atoms with Crippen LogP contribution in [0.3, 0.4) is 0 Å². The van der Waals surface area contributed by atoms with Crippen LogP contribution in [0.25, 0.3) is 0 Å². The van der Waals surface area contributed by atoms with Crippen LogP contribution in [0, 0.1) is 11.2 Å². The minimum absolute atomic E-state index is 0.113. The van der Waals surface area contributed by atoms with E-state index in [1.165, 1.54) is 6.07 Å². The van der Waals surface area contributed by atoms with Gasteiger partial charge in [-0.25, -0.2) is 9.37 Å². The van der Waals surface area contributed by atoms with Crippen LogP contribution < -0.4 is 5.32 Å². The highest BCUT2D eigenvalue weighted by molar-refractivity contribution is 7.99. The summed E-state index contributed by atoms with van der Waals surface area (Å²) in [4.78, 5) is 17.5. The maximum atomic E-state index is 14.3. The molecule has 24 heavy (non-hydrogen) atoms. The van der Waals surface area contributed by atoms with E-state index in [0.717, 1.165) is 23.1 Å². The van der Waals surface area contributed by atoms with E-state index in [0.29, 0.717) is 18.5 Å². The lowest BCUT2D eigenvalue weighted by Gasteiger charge is -2.21. The molecule has 1 aliphatic carbocycles. The molecule has 4 nitrogen and oxygen atoms in total. The fourth-order valence-corrected chi connectivity index (χ4v) is 4.73. The molecule has 126 valence electrons. The number of fused-ring (bicyclic) bond motifs is 1. The first-order valence-electron chi connectivity index (χ1n) is 8.16. The van der Waals surface area contributed by atoms with Gasteiger partial charge in [0.15, 0.2) is 5.16 Å². The van der Waals surface area contributed by atoms with Crippen molar-refractivity contribution >= 4 is 17.7 Å². The molecule has 1 aliphatic heterocycles. The average molecular weight is 345 g/mol. The number of aryl methyl sites for hydroxylation is 1. The highest BCUT2D eigenvalue weighted by Gasteiger charge is 2.67. The summed E-state index contributed by atoms with van der Waals surface area (Å²) in [5.41, 5.74) is 0.323. The summed E-state index contributed by atoms with van der Waals surface area (Å²) in [7, 11) is 0. The molecule has 6 heteroatoms. The first kappa shape index (κ1) is 15.7. The van der Waals surface area contributed by atoms with Gasteiger partial charge >= 0.3 is 0 Å². The lowest BCUT2D eigenvalue weighted by Crippen LogP contribution is -2.38. The van der Waals surface area contributed by atoms with Crippen molar-refractivity contribution in [1.82, 2.24) is 14.9 Å². The van der Waals surface area contributed by atoms with Crippen molar-refractivity contribution in [2.75, 3.05) is 5.75 Å². The topological polar surface area (TPSA) is 46.9 Å². The lowest BCUT2D eigenvalue weighted by atomic mass is 9.86. The third kappa shape index (κ3) is 2.27. The van der Waals surface area contributed by atoms with Gasteiger partial charge in [-0.15, -0.1) is 0 Å². The molecule has 1 fully saturated rings. The van der Waals surface area contributed by atoms with E-state index in [9.17, 15) is 9.18 Å². The zero-order valence-corrected chi connectivity index (χ0v) is 14.6. The smallest absolute Gasteiger partial charge is 0.231 e. The van der Waals surface area contributed by atoms with Gasteiger partial charge in [0, 0.05) is 24.1 Å². The SMILES string of the molecule is CC1(C)C[C@]1(C(=O)NCc1cn2c(n1)SCC2)c1ccccc1F. The minimum atomic E-state index is -0.782. The maximum absolute atomic E-state index is 14.3. The van der Waals surface area contributed by atoms with Gasteiger partial charge in [-0.3, -0.25) is 4.79 Å².